The van der Waals surface area contributed by atoms with E-state index >= 15 is 0 Å². The molecule has 1 saturated carbocycles. The van der Waals surface area contributed by atoms with Gasteiger partial charge in [-0.25, -0.2) is 0 Å². The van der Waals surface area contributed by atoms with Gasteiger partial charge in [-0.1, -0.05) is 48.5 Å². The van der Waals surface area contributed by atoms with Crippen LogP contribution in [0.5, 0.6) is 5.75 Å². The van der Waals surface area contributed by atoms with E-state index in [9.17, 15) is 9.59 Å². The molecule has 6 rings (SSSR count). The number of hydrogen-bond acceptors (Lipinski definition) is 4. The second kappa shape index (κ2) is 8.93. The molecule has 176 valence electrons. The molecule has 6 heteroatoms. The lowest BCUT2D eigenvalue weighted by atomic mass is 9.95. The molecule has 1 unspecified atom stereocenters. The second-order valence-corrected chi connectivity index (χ2v) is 10.2. The number of benzene rings is 3. The molecule has 1 aromatic heterocycles. The van der Waals surface area contributed by atoms with Crippen molar-refractivity contribution in [2.75, 3.05) is 18.2 Å². The number of nitrogens with one attached hydrogen (secondary N) is 1. The van der Waals surface area contributed by atoms with E-state index in [1.165, 1.54) is 21.9 Å². The molecular formula is C29H26N2O3S. The van der Waals surface area contributed by atoms with Gasteiger partial charge in [0.05, 0.1) is 12.1 Å². The summed E-state index contributed by atoms with van der Waals surface area (Å²) < 4.78 is 6.99. The first-order valence-corrected chi connectivity index (χ1v) is 12.9. The monoisotopic (exact) mass is 482 g/mol. The Hall–Kier alpha value is -3.51. The Bertz CT molecular complexity index is 1500. The van der Waals surface area contributed by atoms with Gasteiger partial charge in [0.15, 0.2) is 0 Å². The number of anilines is 1. The molecule has 35 heavy (non-hydrogen) atoms. The summed E-state index contributed by atoms with van der Waals surface area (Å²) in [5.41, 5.74) is 4.15. The highest BCUT2D eigenvalue weighted by atomic mass is 32.2. The molecule has 4 aromatic rings. The number of thioether (sulfide) groups is 1. The first-order chi connectivity index (χ1) is 17.1. The summed E-state index contributed by atoms with van der Waals surface area (Å²) >= 11 is 1.64. The maximum Gasteiger partial charge on any atom is 0.252 e. The van der Waals surface area contributed by atoms with Crippen molar-refractivity contribution in [2.45, 2.75) is 36.2 Å². The molecule has 1 aliphatic heterocycles. The highest BCUT2D eigenvalue weighted by molar-refractivity contribution is 7.99. The van der Waals surface area contributed by atoms with E-state index in [4.69, 9.17) is 4.74 Å². The standard InChI is InChI=1S/C29H26N2O3S/c1-34-23-10-5-9-22(16-23)30-28(33)25-17-35-29-27(19-12-13-19)21(15-26(32)31(25)29)14-20-8-4-7-18-6-2-3-11-24(18)20/h2-11,15-16,19,25H,12-14,17H2,1H3,(H,30,33). The normalized spacial score (nSPS) is 16.8. The Balaban J connectivity index is 1.36. The molecule has 5 nitrogen and oxygen atoms in total. The minimum Gasteiger partial charge on any atom is -0.497 e. The van der Waals surface area contributed by atoms with Crippen molar-refractivity contribution in [1.29, 1.82) is 0 Å². The van der Waals surface area contributed by atoms with Gasteiger partial charge in [0.2, 0.25) is 5.91 Å². The van der Waals surface area contributed by atoms with Crippen molar-refractivity contribution in [1.82, 2.24) is 4.57 Å². The molecule has 2 heterocycles. The number of amides is 1. The van der Waals surface area contributed by atoms with E-state index in [1.54, 1.807) is 35.6 Å². The molecule has 0 saturated heterocycles. The highest BCUT2D eigenvalue weighted by Gasteiger charge is 2.37. The van der Waals surface area contributed by atoms with Crippen LogP contribution in [0.2, 0.25) is 0 Å². The number of ether oxygens (including phenoxy) is 1. The van der Waals surface area contributed by atoms with E-state index < -0.39 is 6.04 Å². The molecule has 1 amide bonds. The number of carbonyl (C=O) groups excluding carboxylic acids is 1. The number of fused-ring (bicyclic) bond motifs is 2. The van der Waals surface area contributed by atoms with Crippen LogP contribution in [0.3, 0.4) is 0 Å². The predicted octanol–water partition coefficient (Wildman–Crippen LogP) is 5.76. The van der Waals surface area contributed by atoms with Crippen molar-refractivity contribution in [3.05, 3.63) is 99.8 Å². The summed E-state index contributed by atoms with van der Waals surface area (Å²) in [6, 6.07) is 23.3. The summed E-state index contributed by atoms with van der Waals surface area (Å²) in [5, 5.41) is 6.38. The lowest BCUT2D eigenvalue weighted by molar-refractivity contribution is -0.118. The van der Waals surface area contributed by atoms with Crippen LogP contribution in [0.1, 0.15) is 41.5 Å². The van der Waals surface area contributed by atoms with Gasteiger partial charge in [-0.05, 0) is 64.8 Å². The lowest BCUT2D eigenvalue weighted by Gasteiger charge is -2.18. The Labute approximate surface area is 208 Å². The van der Waals surface area contributed by atoms with Crippen molar-refractivity contribution >= 4 is 34.1 Å². The van der Waals surface area contributed by atoms with Gasteiger partial charge in [-0.2, -0.15) is 0 Å². The molecular weight excluding hydrogens is 456 g/mol. The Morgan fingerprint density at radius 2 is 1.83 bits per heavy atom. The third-order valence-corrected chi connectivity index (χ3v) is 8.08. The number of methoxy groups -OCH3 is 1. The van der Waals surface area contributed by atoms with Crippen LogP contribution < -0.4 is 15.6 Å². The zero-order chi connectivity index (χ0) is 23.9. The second-order valence-electron chi connectivity index (χ2n) is 9.23. The molecule has 0 bridgehead atoms. The topological polar surface area (TPSA) is 60.3 Å². The molecule has 1 N–H and O–H groups in total. The minimum atomic E-state index is -0.530. The van der Waals surface area contributed by atoms with E-state index in [0.717, 1.165) is 29.9 Å². The summed E-state index contributed by atoms with van der Waals surface area (Å²) in [5.74, 6) is 1.53. The van der Waals surface area contributed by atoms with Crippen LogP contribution in [-0.2, 0) is 11.2 Å². The van der Waals surface area contributed by atoms with E-state index in [-0.39, 0.29) is 11.5 Å². The minimum absolute atomic E-state index is 0.101. The average molecular weight is 483 g/mol. The van der Waals surface area contributed by atoms with Crippen LogP contribution in [0, 0.1) is 0 Å². The zero-order valence-corrected chi connectivity index (χ0v) is 20.3. The van der Waals surface area contributed by atoms with Gasteiger partial charge in [-0.15, -0.1) is 11.8 Å². The maximum absolute atomic E-state index is 13.4. The number of pyridine rings is 1. The fourth-order valence-corrected chi connectivity index (χ4v) is 6.49. The first kappa shape index (κ1) is 22.0. The van der Waals surface area contributed by atoms with Gasteiger partial charge >= 0.3 is 0 Å². The highest BCUT2D eigenvalue weighted by Crippen LogP contribution is 2.48. The zero-order valence-electron chi connectivity index (χ0n) is 19.5. The first-order valence-electron chi connectivity index (χ1n) is 11.9. The average Bonchev–Trinajstić information content (AvgIpc) is 3.61. The van der Waals surface area contributed by atoms with Crippen LogP contribution in [0.4, 0.5) is 5.69 Å². The molecule has 0 spiro atoms. The van der Waals surface area contributed by atoms with Crippen LogP contribution in [-0.4, -0.2) is 23.3 Å². The fraction of sp³-hybridized carbons (Fsp3) is 0.241. The van der Waals surface area contributed by atoms with Crippen molar-refractivity contribution in [2.24, 2.45) is 0 Å². The number of hydrogen-bond donors (Lipinski definition) is 1. The Morgan fingerprint density at radius 3 is 2.66 bits per heavy atom. The third kappa shape index (κ3) is 4.12. The molecule has 1 fully saturated rings. The maximum atomic E-state index is 13.4. The van der Waals surface area contributed by atoms with Gasteiger partial charge in [0.1, 0.15) is 11.8 Å². The molecule has 1 aliphatic carbocycles. The summed E-state index contributed by atoms with van der Waals surface area (Å²) in [6.45, 7) is 0. The number of aromatic nitrogens is 1. The third-order valence-electron chi connectivity index (χ3n) is 6.91. The largest absolute Gasteiger partial charge is 0.497 e. The van der Waals surface area contributed by atoms with Crippen molar-refractivity contribution in [3.63, 3.8) is 0 Å². The number of rotatable bonds is 6. The SMILES string of the molecule is COc1cccc(NC(=O)C2CSc3c(C4CC4)c(Cc4cccc5ccccc45)cc(=O)n32)c1. The van der Waals surface area contributed by atoms with E-state index in [0.29, 0.717) is 23.1 Å². The Morgan fingerprint density at radius 1 is 1.03 bits per heavy atom. The van der Waals surface area contributed by atoms with E-state index in [1.807, 2.05) is 18.2 Å². The van der Waals surface area contributed by atoms with Crippen molar-refractivity contribution < 1.29 is 9.53 Å². The van der Waals surface area contributed by atoms with Crippen LogP contribution >= 0.6 is 11.8 Å². The van der Waals surface area contributed by atoms with Crippen LogP contribution in [0.15, 0.2) is 82.6 Å². The van der Waals surface area contributed by atoms with Gasteiger partial charge < -0.3 is 10.1 Å². The summed E-state index contributed by atoms with van der Waals surface area (Å²) in [4.78, 5) is 26.6. The van der Waals surface area contributed by atoms with Gasteiger partial charge in [-0.3, -0.25) is 14.2 Å². The number of nitrogens with zero attached hydrogens (tertiary/aromatic N) is 1. The smallest absolute Gasteiger partial charge is 0.252 e. The summed E-state index contributed by atoms with van der Waals surface area (Å²) in [7, 11) is 1.60. The van der Waals surface area contributed by atoms with Gasteiger partial charge in [0.25, 0.3) is 5.56 Å². The quantitative estimate of drug-likeness (QED) is 0.379. The molecule has 0 radical (unpaired) electrons. The van der Waals surface area contributed by atoms with E-state index in [2.05, 4.69) is 47.8 Å². The molecule has 2 aliphatic rings. The fourth-order valence-electron chi connectivity index (χ4n) is 5.06. The Kier molecular flexibility index (Phi) is 5.61. The lowest BCUT2D eigenvalue weighted by Crippen LogP contribution is -2.33. The van der Waals surface area contributed by atoms with Gasteiger partial charge in [0, 0.05) is 23.6 Å². The van der Waals surface area contributed by atoms with Crippen molar-refractivity contribution in [3.8, 4) is 5.75 Å². The van der Waals surface area contributed by atoms with Crippen LogP contribution in [0.25, 0.3) is 10.8 Å². The summed E-state index contributed by atoms with van der Waals surface area (Å²) in [6.07, 6.45) is 2.99. The number of carbonyl (C=O) groups is 1. The molecule has 1 atom stereocenters. The molecule has 3 aromatic carbocycles. The predicted molar refractivity (Wildman–Crippen MR) is 141 cm³/mol.